The zero-order valence-corrected chi connectivity index (χ0v) is 18.7. The summed E-state index contributed by atoms with van der Waals surface area (Å²) in [6, 6.07) is 7.82. The zero-order chi connectivity index (χ0) is 19.2. The highest BCUT2D eigenvalue weighted by Crippen LogP contribution is 2.64. The zero-order valence-electron chi connectivity index (χ0n) is 15.5. The monoisotopic (exact) mass is 497 g/mol. The fourth-order valence-electron chi connectivity index (χ4n) is 5.75. The normalized spacial score (nSPS) is 33.7. The van der Waals surface area contributed by atoms with Gasteiger partial charge in [0.1, 0.15) is 0 Å². The fourth-order valence-corrected chi connectivity index (χ4v) is 7.61. The van der Waals surface area contributed by atoms with E-state index in [1.807, 2.05) is 24.3 Å². The Morgan fingerprint density at radius 1 is 1.19 bits per heavy atom. The van der Waals surface area contributed by atoms with Crippen LogP contribution < -0.4 is 0 Å². The number of nitrogens with zero attached hydrogens (tertiary/aromatic N) is 1. The largest absolute Gasteiger partial charge is 0.455 e. The summed E-state index contributed by atoms with van der Waals surface area (Å²) < 4.78 is 6.64. The molecule has 1 aromatic carbocycles. The third-order valence-electron chi connectivity index (χ3n) is 6.54. The second kappa shape index (κ2) is 7.18. The highest BCUT2D eigenvalue weighted by atomic mass is 79.9. The molecule has 1 amide bonds. The second-order valence-electron chi connectivity index (χ2n) is 8.81. The van der Waals surface area contributed by atoms with Gasteiger partial charge >= 0.3 is 5.97 Å². The number of alkyl halides is 1. The topological polar surface area (TPSA) is 46.6 Å². The second-order valence-corrected chi connectivity index (χ2v) is 11.3. The Morgan fingerprint density at radius 3 is 2.48 bits per heavy atom. The van der Waals surface area contributed by atoms with Crippen molar-refractivity contribution in [3.8, 4) is 0 Å². The first-order valence-electron chi connectivity index (χ1n) is 9.62. The van der Waals surface area contributed by atoms with Gasteiger partial charge in [-0.3, -0.25) is 9.59 Å². The third kappa shape index (κ3) is 3.84. The molecule has 5 rings (SSSR count). The third-order valence-corrected chi connectivity index (χ3v) is 8.24. The molecule has 6 heteroatoms. The van der Waals surface area contributed by atoms with E-state index in [4.69, 9.17) is 4.74 Å². The van der Waals surface area contributed by atoms with Gasteiger partial charge in [0.05, 0.1) is 5.41 Å². The molecule has 0 aliphatic heterocycles. The molecule has 4 fully saturated rings. The van der Waals surface area contributed by atoms with Crippen LogP contribution in [0, 0.1) is 17.3 Å². The van der Waals surface area contributed by atoms with Gasteiger partial charge in [0, 0.05) is 22.4 Å². The van der Waals surface area contributed by atoms with Crippen LogP contribution in [0.25, 0.3) is 0 Å². The van der Waals surface area contributed by atoms with Crippen LogP contribution in [-0.4, -0.2) is 34.8 Å². The summed E-state index contributed by atoms with van der Waals surface area (Å²) in [4.78, 5) is 27.0. The molecule has 1 aromatic rings. The minimum atomic E-state index is -0.380. The number of halogens is 2. The molecule has 0 radical (unpaired) electrons. The summed E-state index contributed by atoms with van der Waals surface area (Å²) >= 11 is 7.42. The fraction of sp³-hybridized carbons (Fsp3) is 0.619. The van der Waals surface area contributed by atoms with Gasteiger partial charge in [0.15, 0.2) is 6.61 Å². The molecule has 27 heavy (non-hydrogen) atoms. The number of hydrogen-bond donors (Lipinski definition) is 0. The maximum atomic E-state index is 13.0. The average molecular weight is 499 g/mol. The van der Waals surface area contributed by atoms with Gasteiger partial charge in [-0.15, -0.1) is 0 Å². The van der Waals surface area contributed by atoms with Crippen LogP contribution in [-0.2, 0) is 20.9 Å². The number of benzene rings is 1. The van der Waals surface area contributed by atoms with Gasteiger partial charge < -0.3 is 9.64 Å². The van der Waals surface area contributed by atoms with E-state index in [1.165, 1.54) is 19.3 Å². The number of esters is 1. The predicted molar refractivity (Wildman–Crippen MR) is 110 cm³/mol. The van der Waals surface area contributed by atoms with E-state index in [0.29, 0.717) is 18.4 Å². The van der Waals surface area contributed by atoms with Gasteiger partial charge in [0.25, 0.3) is 5.91 Å². The van der Waals surface area contributed by atoms with Crippen LogP contribution in [0.15, 0.2) is 28.7 Å². The number of carbonyl (C=O) groups is 2. The van der Waals surface area contributed by atoms with Crippen LogP contribution in [0.1, 0.15) is 44.1 Å². The quantitative estimate of drug-likeness (QED) is 0.437. The maximum Gasteiger partial charge on any atom is 0.312 e. The molecule has 0 N–H and O–H groups in total. The minimum Gasteiger partial charge on any atom is -0.455 e. The van der Waals surface area contributed by atoms with Crippen molar-refractivity contribution in [2.45, 2.75) is 49.4 Å². The first kappa shape index (κ1) is 19.4. The molecule has 4 bridgehead atoms. The van der Waals surface area contributed by atoms with Crippen molar-refractivity contribution >= 4 is 43.7 Å². The van der Waals surface area contributed by atoms with E-state index in [2.05, 4.69) is 31.9 Å². The lowest BCUT2D eigenvalue weighted by Crippen LogP contribution is -2.56. The SMILES string of the molecule is CN(Cc1ccccc1Br)C(=O)COC(=O)C12CC3CC(CC(Br)(C3)C1)C2. The Hall–Kier alpha value is -0.880. The lowest BCUT2D eigenvalue weighted by atomic mass is 9.49. The van der Waals surface area contributed by atoms with Crippen molar-refractivity contribution in [1.82, 2.24) is 4.90 Å². The lowest BCUT2D eigenvalue weighted by molar-refractivity contribution is -0.172. The standard InChI is InChI=1S/C21H25Br2NO3/c1-24(11-16-4-2-3-5-17(16)22)18(25)12-27-19(26)20-7-14-6-15(8-20)10-21(23,9-14)13-20/h2-5,14-15H,6-13H2,1H3. The van der Waals surface area contributed by atoms with Crippen molar-refractivity contribution in [2.75, 3.05) is 13.7 Å². The molecule has 2 atom stereocenters. The van der Waals surface area contributed by atoms with Crippen molar-refractivity contribution in [2.24, 2.45) is 17.3 Å². The van der Waals surface area contributed by atoms with Crippen LogP contribution in [0.3, 0.4) is 0 Å². The van der Waals surface area contributed by atoms with Gasteiger partial charge in [-0.25, -0.2) is 0 Å². The van der Waals surface area contributed by atoms with Crippen molar-refractivity contribution in [1.29, 1.82) is 0 Å². The molecule has 0 aromatic heterocycles. The van der Waals surface area contributed by atoms with Gasteiger partial charge in [0.2, 0.25) is 0 Å². The molecule has 4 nitrogen and oxygen atoms in total. The summed E-state index contributed by atoms with van der Waals surface area (Å²) in [5, 5.41) is 0. The molecule has 0 heterocycles. The summed E-state index contributed by atoms with van der Waals surface area (Å²) in [6.45, 7) is 0.309. The van der Waals surface area contributed by atoms with E-state index in [1.54, 1.807) is 11.9 Å². The minimum absolute atomic E-state index is 0.108. The Bertz CT molecular complexity index is 752. The molecular formula is C21H25Br2NO3. The van der Waals surface area contributed by atoms with Crippen LogP contribution in [0.4, 0.5) is 0 Å². The Kier molecular flexibility index (Phi) is 5.17. The van der Waals surface area contributed by atoms with E-state index in [9.17, 15) is 9.59 Å². The van der Waals surface area contributed by atoms with E-state index in [-0.39, 0.29) is 28.2 Å². The van der Waals surface area contributed by atoms with Gasteiger partial charge in [-0.2, -0.15) is 0 Å². The van der Waals surface area contributed by atoms with E-state index < -0.39 is 0 Å². The van der Waals surface area contributed by atoms with Crippen molar-refractivity contribution in [3.05, 3.63) is 34.3 Å². The van der Waals surface area contributed by atoms with Crippen molar-refractivity contribution < 1.29 is 14.3 Å². The highest BCUT2D eigenvalue weighted by molar-refractivity contribution is 9.10. The summed E-state index contributed by atoms with van der Waals surface area (Å²) in [6.07, 6.45) is 6.30. The molecule has 0 spiro atoms. The Morgan fingerprint density at radius 2 is 1.85 bits per heavy atom. The Labute approximate surface area is 177 Å². The van der Waals surface area contributed by atoms with Gasteiger partial charge in [-0.05, 0) is 62.0 Å². The smallest absolute Gasteiger partial charge is 0.312 e. The predicted octanol–water partition coefficient (Wildman–Crippen LogP) is 4.68. The van der Waals surface area contributed by atoms with Crippen molar-refractivity contribution in [3.63, 3.8) is 0 Å². The molecule has 4 aliphatic carbocycles. The van der Waals surface area contributed by atoms with Gasteiger partial charge in [-0.1, -0.05) is 50.1 Å². The first-order valence-corrected chi connectivity index (χ1v) is 11.2. The number of likely N-dealkylation sites (N-methyl/N-ethyl adjacent to an activating group) is 1. The van der Waals surface area contributed by atoms with E-state index >= 15 is 0 Å². The summed E-state index contributed by atoms with van der Waals surface area (Å²) in [5.41, 5.74) is 0.650. The molecule has 146 valence electrons. The molecular weight excluding hydrogens is 474 g/mol. The number of hydrogen-bond acceptors (Lipinski definition) is 3. The number of carbonyl (C=O) groups excluding carboxylic acids is 2. The van der Waals surface area contributed by atoms with E-state index in [0.717, 1.165) is 29.3 Å². The highest BCUT2D eigenvalue weighted by Gasteiger charge is 2.60. The van der Waals surface area contributed by atoms with Crippen LogP contribution in [0.2, 0.25) is 0 Å². The average Bonchev–Trinajstić information content (AvgIpc) is 2.59. The number of ether oxygens (including phenoxy) is 1. The molecule has 4 aliphatic rings. The van der Waals surface area contributed by atoms with Crippen LogP contribution in [0.5, 0.6) is 0 Å². The molecule has 2 unspecified atom stereocenters. The first-order chi connectivity index (χ1) is 12.8. The van der Waals surface area contributed by atoms with Crippen LogP contribution >= 0.6 is 31.9 Å². The lowest BCUT2D eigenvalue weighted by Gasteiger charge is -2.58. The summed E-state index contributed by atoms with van der Waals surface area (Å²) in [5.74, 6) is 0.902. The molecule has 4 saturated carbocycles. The maximum absolute atomic E-state index is 13.0. The molecule has 0 saturated heterocycles. The number of rotatable bonds is 5. The Balaban J connectivity index is 1.35. The number of amides is 1. The summed E-state index contributed by atoms with van der Waals surface area (Å²) in [7, 11) is 1.74.